The van der Waals surface area contributed by atoms with Gasteiger partial charge in [-0.05, 0) is 48.0 Å². The van der Waals surface area contributed by atoms with Gasteiger partial charge in [-0.15, -0.1) is 0 Å². The Morgan fingerprint density at radius 2 is 1.60 bits per heavy atom. The van der Waals surface area contributed by atoms with Crippen molar-refractivity contribution in [1.82, 2.24) is 9.88 Å². The molecule has 0 fully saturated rings. The third-order valence-electron chi connectivity index (χ3n) is 5.79. The van der Waals surface area contributed by atoms with Crippen molar-refractivity contribution < 1.29 is 17.9 Å². The maximum Gasteiger partial charge on any atom is 0.264 e. The number of hydrogen-bond donors (Lipinski definition) is 0. The second-order valence-corrected chi connectivity index (χ2v) is 9.76. The number of methoxy groups -OCH3 is 1. The van der Waals surface area contributed by atoms with Crippen molar-refractivity contribution in [3.8, 4) is 5.88 Å². The number of ether oxygens (including phenoxy) is 1. The van der Waals surface area contributed by atoms with Crippen LogP contribution in [0.15, 0.2) is 96.0 Å². The summed E-state index contributed by atoms with van der Waals surface area (Å²) in [7, 11) is -2.44. The van der Waals surface area contributed by atoms with Crippen LogP contribution in [-0.2, 0) is 10.0 Å². The molecule has 0 spiro atoms. The minimum atomic E-state index is -3.94. The average molecular weight is 490 g/mol. The van der Waals surface area contributed by atoms with E-state index in [1.165, 1.54) is 17.6 Å². The van der Waals surface area contributed by atoms with Gasteiger partial charge in [-0.2, -0.15) is 0 Å². The molecule has 0 saturated heterocycles. The van der Waals surface area contributed by atoms with Crippen molar-refractivity contribution >= 4 is 32.4 Å². The van der Waals surface area contributed by atoms with Crippen LogP contribution in [0.25, 0.3) is 10.8 Å². The van der Waals surface area contributed by atoms with E-state index in [-0.39, 0.29) is 23.9 Å². The highest BCUT2D eigenvalue weighted by atomic mass is 32.2. The molecule has 8 heteroatoms. The normalized spacial score (nSPS) is 11.3. The van der Waals surface area contributed by atoms with Gasteiger partial charge in [0.25, 0.3) is 15.9 Å². The van der Waals surface area contributed by atoms with Crippen molar-refractivity contribution in [1.29, 1.82) is 0 Å². The first kappa shape index (κ1) is 24.2. The summed E-state index contributed by atoms with van der Waals surface area (Å²) in [5, 5.41) is 1.78. The molecule has 1 aromatic heterocycles. The fourth-order valence-corrected chi connectivity index (χ4v) is 5.34. The van der Waals surface area contributed by atoms with Crippen LogP contribution < -0.4 is 9.04 Å². The third-order valence-corrected chi connectivity index (χ3v) is 7.61. The number of pyridine rings is 1. The molecule has 0 atom stereocenters. The zero-order valence-corrected chi connectivity index (χ0v) is 20.5. The minimum absolute atomic E-state index is 0.0651. The Morgan fingerprint density at radius 1 is 0.886 bits per heavy atom. The Kier molecular flexibility index (Phi) is 7.31. The van der Waals surface area contributed by atoms with E-state index in [2.05, 4.69) is 4.98 Å². The number of aromatic nitrogens is 1. The van der Waals surface area contributed by atoms with Gasteiger partial charge < -0.3 is 9.64 Å². The smallest absolute Gasteiger partial charge is 0.264 e. The molecule has 0 saturated carbocycles. The van der Waals surface area contributed by atoms with Gasteiger partial charge in [0, 0.05) is 24.7 Å². The molecule has 0 bridgehead atoms. The van der Waals surface area contributed by atoms with E-state index in [4.69, 9.17) is 4.74 Å². The summed E-state index contributed by atoms with van der Waals surface area (Å²) < 4.78 is 34.1. The maximum absolute atomic E-state index is 13.8. The molecule has 0 radical (unpaired) electrons. The van der Waals surface area contributed by atoms with Gasteiger partial charge in [0.05, 0.1) is 30.4 Å². The number of carbonyl (C=O) groups excluding carboxylic acids is 1. The average Bonchev–Trinajstić information content (AvgIpc) is 2.91. The van der Waals surface area contributed by atoms with Crippen LogP contribution in [0, 0.1) is 0 Å². The Balaban J connectivity index is 1.68. The van der Waals surface area contributed by atoms with Gasteiger partial charge in [0.1, 0.15) is 0 Å². The Labute approximate surface area is 205 Å². The zero-order valence-electron chi connectivity index (χ0n) is 19.7. The molecule has 4 rings (SSSR count). The highest BCUT2D eigenvalue weighted by Gasteiger charge is 2.27. The number of fused-ring (bicyclic) bond motifs is 1. The van der Waals surface area contributed by atoms with E-state index in [1.807, 2.05) is 37.3 Å². The van der Waals surface area contributed by atoms with Crippen molar-refractivity contribution in [2.45, 2.75) is 11.8 Å². The highest BCUT2D eigenvalue weighted by molar-refractivity contribution is 7.92. The first-order valence-electron chi connectivity index (χ1n) is 11.3. The molecule has 0 aliphatic rings. The second-order valence-electron chi connectivity index (χ2n) is 7.90. The minimum Gasteiger partial charge on any atom is -0.481 e. The number of carbonyl (C=O) groups is 1. The summed E-state index contributed by atoms with van der Waals surface area (Å²) in [6, 6.07) is 24.9. The Bertz CT molecular complexity index is 1410. The first-order chi connectivity index (χ1) is 16.9. The van der Waals surface area contributed by atoms with Crippen LogP contribution in [0.4, 0.5) is 5.69 Å². The number of likely N-dealkylation sites (N-methyl/N-ethyl adjacent to an activating group) is 1. The third kappa shape index (κ3) is 5.27. The lowest BCUT2D eigenvalue weighted by Crippen LogP contribution is -2.41. The van der Waals surface area contributed by atoms with E-state index in [1.54, 1.807) is 59.5 Å². The molecule has 180 valence electrons. The molecule has 1 heterocycles. The summed E-state index contributed by atoms with van der Waals surface area (Å²) >= 11 is 0. The molecule has 1 amide bonds. The molecule has 3 aromatic carbocycles. The number of hydrogen-bond acceptors (Lipinski definition) is 5. The van der Waals surface area contributed by atoms with E-state index in [9.17, 15) is 13.2 Å². The largest absolute Gasteiger partial charge is 0.481 e. The van der Waals surface area contributed by atoms with Crippen LogP contribution in [0.2, 0.25) is 0 Å². The van der Waals surface area contributed by atoms with Crippen LogP contribution in [0.5, 0.6) is 5.88 Å². The second kappa shape index (κ2) is 10.6. The van der Waals surface area contributed by atoms with Gasteiger partial charge in [-0.25, -0.2) is 13.4 Å². The van der Waals surface area contributed by atoms with Gasteiger partial charge in [0.2, 0.25) is 5.88 Å². The highest BCUT2D eigenvalue weighted by Crippen LogP contribution is 2.27. The lowest BCUT2D eigenvalue weighted by Gasteiger charge is -2.28. The molecule has 0 aliphatic heterocycles. The Hall–Kier alpha value is -3.91. The molecule has 0 N–H and O–H groups in total. The van der Waals surface area contributed by atoms with Crippen molar-refractivity contribution in [3.63, 3.8) is 0 Å². The van der Waals surface area contributed by atoms with Crippen molar-refractivity contribution in [3.05, 3.63) is 96.7 Å². The fraction of sp³-hybridized carbons (Fsp3) is 0.185. The number of nitrogens with zero attached hydrogens (tertiary/aromatic N) is 3. The van der Waals surface area contributed by atoms with Crippen molar-refractivity contribution in [2.75, 3.05) is 31.0 Å². The van der Waals surface area contributed by atoms with Crippen LogP contribution >= 0.6 is 0 Å². The van der Waals surface area contributed by atoms with E-state index in [0.29, 0.717) is 23.7 Å². The zero-order chi connectivity index (χ0) is 24.8. The topological polar surface area (TPSA) is 79.8 Å². The molecular weight excluding hydrogens is 462 g/mol. The van der Waals surface area contributed by atoms with E-state index in [0.717, 1.165) is 10.8 Å². The van der Waals surface area contributed by atoms with Crippen LogP contribution in [0.3, 0.4) is 0 Å². The summed E-state index contributed by atoms with van der Waals surface area (Å²) in [6.45, 7) is 2.59. The summed E-state index contributed by atoms with van der Waals surface area (Å²) in [4.78, 5) is 19.0. The van der Waals surface area contributed by atoms with E-state index >= 15 is 0 Å². The molecule has 4 aromatic rings. The predicted molar refractivity (Wildman–Crippen MR) is 137 cm³/mol. The van der Waals surface area contributed by atoms with Crippen LogP contribution in [-0.4, -0.2) is 51.0 Å². The SMILES string of the molecule is CCN(CCN(c1ccc(OC)nc1)S(=O)(=O)c1ccc2ccccc2c1)C(=O)c1ccccc1. The lowest BCUT2D eigenvalue weighted by molar-refractivity contribution is 0.0769. The molecule has 0 aliphatic carbocycles. The van der Waals surface area contributed by atoms with Gasteiger partial charge in [0.15, 0.2) is 0 Å². The molecular formula is C27H27N3O4S. The van der Waals surface area contributed by atoms with Gasteiger partial charge in [-0.1, -0.05) is 48.5 Å². The quantitative estimate of drug-likeness (QED) is 0.343. The van der Waals surface area contributed by atoms with Gasteiger partial charge >= 0.3 is 0 Å². The Morgan fingerprint density at radius 3 is 2.26 bits per heavy atom. The monoisotopic (exact) mass is 489 g/mol. The number of amides is 1. The number of rotatable bonds is 9. The molecule has 0 unspecified atom stereocenters. The number of benzene rings is 3. The molecule has 35 heavy (non-hydrogen) atoms. The summed E-state index contributed by atoms with van der Waals surface area (Å²) in [6.07, 6.45) is 1.47. The predicted octanol–water partition coefficient (Wildman–Crippen LogP) is 4.60. The molecule has 7 nitrogen and oxygen atoms in total. The van der Waals surface area contributed by atoms with Crippen LogP contribution in [0.1, 0.15) is 17.3 Å². The fourth-order valence-electron chi connectivity index (χ4n) is 3.86. The summed E-state index contributed by atoms with van der Waals surface area (Å²) in [5.74, 6) is 0.232. The number of anilines is 1. The first-order valence-corrected chi connectivity index (χ1v) is 12.7. The van der Waals surface area contributed by atoms with E-state index < -0.39 is 10.0 Å². The summed E-state index contributed by atoms with van der Waals surface area (Å²) in [5.41, 5.74) is 0.951. The van der Waals surface area contributed by atoms with Gasteiger partial charge in [-0.3, -0.25) is 9.10 Å². The lowest BCUT2D eigenvalue weighted by atomic mass is 10.1. The standard InChI is InChI=1S/C27H27N3O4S/c1-3-29(27(31)22-10-5-4-6-11-22)17-18-30(24-14-16-26(34-2)28-20-24)35(32,33)25-15-13-21-9-7-8-12-23(21)19-25/h4-16,19-20H,3,17-18H2,1-2H3. The number of sulfonamides is 1. The van der Waals surface area contributed by atoms with Crippen molar-refractivity contribution in [2.24, 2.45) is 0 Å². The maximum atomic E-state index is 13.8.